The zero-order chi connectivity index (χ0) is 16.5. The van der Waals surface area contributed by atoms with Gasteiger partial charge in [-0.05, 0) is 43.4 Å². The number of aliphatic hydroxyl groups is 1. The molecule has 1 aromatic carbocycles. The second kappa shape index (κ2) is 6.02. The molecule has 0 aliphatic rings. The van der Waals surface area contributed by atoms with E-state index in [0.29, 0.717) is 12.0 Å². The van der Waals surface area contributed by atoms with E-state index < -0.39 is 26.3 Å². The fourth-order valence-electron chi connectivity index (χ4n) is 2.64. The van der Waals surface area contributed by atoms with E-state index in [9.17, 15) is 12.8 Å². The number of benzene rings is 1. The molecule has 0 saturated heterocycles. The first-order valence-electron chi connectivity index (χ1n) is 6.80. The number of aliphatic hydroxyl groups excluding tert-OH is 1. The minimum Gasteiger partial charge on any atom is -0.392 e. The lowest BCUT2D eigenvalue weighted by atomic mass is 9.82. The van der Waals surface area contributed by atoms with Crippen LogP contribution in [0.2, 0.25) is 0 Å². The van der Waals surface area contributed by atoms with E-state index in [1.165, 1.54) is 12.1 Å². The molecule has 21 heavy (non-hydrogen) atoms. The lowest BCUT2D eigenvalue weighted by Crippen LogP contribution is -2.45. The summed E-state index contributed by atoms with van der Waals surface area (Å²) in [5.74, 6) is -0.861. The second-order valence-corrected chi connectivity index (χ2v) is 8.80. The van der Waals surface area contributed by atoms with Crippen molar-refractivity contribution < 1.29 is 17.9 Å². The molecule has 0 amide bonds. The normalized spacial score (nSPS) is 13.5. The van der Waals surface area contributed by atoms with Gasteiger partial charge in [-0.15, -0.1) is 0 Å². The van der Waals surface area contributed by atoms with Gasteiger partial charge in [-0.3, -0.25) is 0 Å². The maximum atomic E-state index is 13.9. The van der Waals surface area contributed by atoms with Gasteiger partial charge in [-0.1, -0.05) is 26.8 Å². The Morgan fingerprint density at radius 2 is 1.76 bits per heavy atom. The van der Waals surface area contributed by atoms with Crippen LogP contribution in [0.25, 0.3) is 0 Å². The number of hydrogen-bond acceptors (Lipinski definition) is 3. The van der Waals surface area contributed by atoms with Crippen molar-refractivity contribution in [1.29, 1.82) is 0 Å². The van der Waals surface area contributed by atoms with Gasteiger partial charge in [0, 0.05) is 5.54 Å². The minimum atomic E-state index is -3.95. The maximum absolute atomic E-state index is 13.9. The Bertz CT molecular complexity index is 604. The molecule has 0 aliphatic heterocycles. The van der Waals surface area contributed by atoms with E-state index in [-0.39, 0.29) is 12.0 Å². The van der Waals surface area contributed by atoms with E-state index in [2.05, 4.69) is 4.72 Å². The van der Waals surface area contributed by atoms with Crippen LogP contribution in [0, 0.1) is 11.2 Å². The molecule has 0 saturated carbocycles. The highest BCUT2D eigenvalue weighted by atomic mass is 32.2. The van der Waals surface area contributed by atoms with Crippen molar-refractivity contribution in [2.75, 3.05) is 0 Å². The molecule has 6 heteroatoms. The van der Waals surface area contributed by atoms with E-state index >= 15 is 0 Å². The number of rotatable bonds is 5. The largest absolute Gasteiger partial charge is 0.392 e. The third-order valence-electron chi connectivity index (χ3n) is 2.85. The second-order valence-electron chi connectivity index (χ2n) is 7.15. The van der Waals surface area contributed by atoms with Gasteiger partial charge in [0.1, 0.15) is 10.7 Å². The van der Waals surface area contributed by atoms with Gasteiger partial charge in [0.05, 0.1) is 6.61 Å². The van der Waals surface area contributed by atoms with Gasteiger partial charge in [0.25, 0.3) is 0 Å². The molecule has 0 atom stereocenters. The summed E-state index contributed by atoms with van der Waals surface area (Å²) >= 11 is 0. The van der Waals surface area contributed by atoms with Crippen molar-refractivity contribution >= 4 is 10.0 Å². The van der Waals surface area contributed by atoms with Crippen LogP contribution in [0.4, 0.5) is 4.39 Å². The van der Waals surface area contributed by atoms with Crippen LogP contribution in [0.15, 0.2) is 23.1 Å². The number of hydrogen-bond donors (Lipinski definition) is 2. The first-order valence-corrected chi connectivity index (χ1v) is 8.28. The van der Waals surface area contributed by atoms with E-state index in [0.717, 1.165) is 6.07 Å². The third-order valence-corrected chi connectivity index (χ3v) is 4.58. The lowest BCUT2D eigenvalue weighted by Gasteiger charge is -2.33. The fourth-order valence-corrected chi connectivity index (χ4v) is 4.11. The van der Waals surface area contributed by atoms with Crippen molar-refractivity contribution in [2.24, 2.45) is 5.41 Å². The van der Waals surface area contributed by atoms with Gasteiger partial charge >= 0.3 is 0 Å². The molecule has 120 valence electrons. The van der Waals surface area contributed by atoms with Crippen molar-refractivity contribution in [3.63, 3.8) is 0 Å². The molecule has 0 fully saturated rings. The van der Waals surface area contributed by atoms with Gasteiger partial charge in [0.15, 0.2) is 0 Å². The van der Waals surface area contributed by atoms with Crippen molar-refractivity contribution in [3.05, 3.63) is 29.6 Å². The van der Waals surface area contributed by atoms with Gasteiger partial charge in [0.2, 0.25) is 10.0 Å². The monoisotopic (exact) mass is 317 g/mol. The highest BCUT2D eigenvalue weighted by Crippen LogP contribution is 2.28. The number of nitrogens with one attached hydrogen (secondary N) is 1. The minimum absolute atomic E-state index is 0.0642. The molecule has 0 aliphatic carbocycles. The quantitative estimate of drug-likeness (QED) is 0.877. The summed E-state index contributed by atoms with van der Waals surface area (Å²) in [7, 11) is -3.95. The van der Waals surface area contributed by atoms with Gasteiger partial charge in [-0.2, -0.15) is 0 Å². The van der Waals surface area contributed by atoms with E-state index in [1.54, 1.807) is 13.8 Å². The molecule has 0 spiro atoms. The molecule has 2 N–H and O–H groups in total. The molecule has 0 bridgehead atoms. The number of halogens is 1. The summed E-state index contributed by atoms with van der Waals surface area (Å²) in [6.07, 6.45) is 0.607. The third kappa shape index (κ3) is 5.37. The summed E-state index contributed by atoms with van der Waals surface area (Å²) in [4.78, 5) is -0.401. The molecule has 1 rings (SSSR count). The molecule has 4 nitrogen and oxygen atoms in total. The molecule has 0 radical (unpaired) electrons. The summed E-state index contributed by atoms with van der Waals surface area (Å²) in [5.41, 5.74) is -0.426. The van der Waals surface area contributed by atoms with Crippen LogP contribution in [-0.4, -0.2) is 19.1 Å². The molecule has 0 aromatic heterocycles. The molecule has 0 heterocycles. The summed E-state index contributed by atoms with van der Waals surface area (Å²) < 4.78 is 41.2. The Kier molecular flexibility index (Phi) is 5.18. The Balaban J connectivity index is 3.07. The SMILES string of the molecule is CC(C)(C)CC(C)(C)NS(=O)(=O)c1ccc(CO)cc1F. The highest BCUT2D eigenvalue weighted by Gasteiger charge is 2.31. The predicted molar refractivity (Wildman–Crippen MR) is 80.8 cm³/mol. The fraction of sp³-hybridized carbons (Fsp3) is 0.600. The summed E-state index contributed by atoms with van der Waals surface area (Å²) in [6.45, 7) is 9.25. The summed E-state index contributed by atoms with van der Waals surface area (Å²) in [5, 5.41) is 8.94. The zero-order valence-corrected chi connectivity index (χ0v) is 14.0. The summed E-state index contributed by atoms with van der Waals surface area (Å²) in [6, 6.07) is 3.61. The van der Waals surface area contributed by atoms with Crippen LogP contribution < -0.4 is 4.72 Å². The van der Waals surface area contributed by atoms with Crippen molar-refractivity contribution in [1.82, 2.24) is 4.72 Å². The van der Waals surface area contributed by atoms with Gasteiger partial charge in [-0.25, -0.2) is 17.5 Å². The Labute approximate surface area is 126 Å². The first kappa shape index (κ1) is 18.1. The zero-order valence-electron chi connectivity index (χ0n) is 13.2. The van der Waals surface area contributed by atoms with E-state index in [4.69, 9.17) is 5.11 Å². The first-order chi connectivity index (χ1) is 9.36. The lowest BCUT2D eigenvalue weighted by molar-refractivity contribution is 0.269. The Hall–Kier alpha value is -0.980. The Morgan fingerprint density at radius 1 is 1.19 bits per heavy atom. The molecular weight excluding hydrogens is 293 g/mol. The van der Waals surface area contributed by atoms with Crippen LogP contribution in [0.5, 0.6) is 0 Å². The van der Waals surface area contributed by atoms with Crippen LogP contribution in [0.1, 0.15) is 46.6 Å². The van der Waals surface area contributed by atoms with Crippen LogP contribution >= 0.6 is 0 Å². The van der Waals surface area contributed by atoms with E-state index in [1.807, 2.05) is 20.8 Å². The predicted octanol–water partition coefficient (Wildman–Crippen LogP) is 2.81. The average molecular weight is 317 g/mol. The molecule has 0 unspecified atom stereocenters. The Morgan fingerprint density at radius 3 is 2.19 bits per heavy atom. The maximum Gasteiger partial charge on any atom is 0.243 e. The number of sulfonamides is 1. The molecule has 1 aromatic rings. The van der Waals surface area contributed by atoms with Crippen molar-refractivity contribution in [2.45, 2.75) is 58.1 Å². The standard InChI is InChI=1S/C15H24FNO3S/c1-14(2,3)10-15(4,5)17-21(19,20)13-7-6-11(9-18)8-12(13)16/h6-8,17-18H,9-10H2,1-5H3. The smallest absolute Gasteiger partial charge is 0.243 e. The molecular formula is C15H24FNO3S. The topological polar surface area (TPSA) is 66.4 Å². The van der Waals surface area contributed by atoms with Gasteiger partial charge < -0.3 is 5.11 Å². The van der Waals surface area contributed by atoms with Crippen molar-refractivity contribution in [3.8, 4) is 0 Å². The van der Waals surface area contributed by atoms with Crippen LogP contribution in [-0.2, 0) is 16.6 Å². The highest BCUT2D eigenvalue weighted by molar-refractivity contribution is 7.89. The van der Waals surface area contributed by atoms with Crippen LogP contribution in [0.3, 0.4) is 0 Å². The average Bonchev–Trinajstić information content (AvgIpc) is 2.22.